The first kappa shape index (κ1) is 23.1. The second kappa shape index (κ2) is 10.1. The Labute approximate surface area is 186 Å². The second-order valence-electron chi connectivity index (χ2n) is 6.84. The highest BCUT2D eigenvalue weighted by Gasteiger charge is 2.30. The molecule has 3 rings (SSSR count). The number of amides is 1. The smallest absolute Gasteiger partial charge is 0.338 e. The van der Waals surface area contributed by atoms with Crippen LogP contribution in [0.3, 0.4) is 0 Å². The summed E-state index contributed by atoms with van der Waals surface area (Å²) < 4.78 is 37.7. The van der Waals surface area contributed by atoms with Crippen LogP contribution in [0.5, 0.6) is 5.75 Å². The largest absolute Gasteiger partial charge is 0.482 e. The standard InChI is InChI=1S/C21H23ClN2O6S/c1-2-29-21(26)15-5-8-17(9-6-15)23-20(25)14-30-18-10-7-16(22)13-19(18)31(27,28)24-11-3-4-12-24/h5-10,13H,2-4,11-12,14H2,1H3,(H,23,25). The SMILES string of the molecule is CCOC(=O)c1ccc(NC(=O)COc2ccc(Cl)cc2S(=O)(=O)N2CCCC2)cc1. The lowest BCUT2D eigenvalue weighted by molar-refractivity contribution is -0.118. The monoisotopic (exact) mass is 466 g/mol. The van der Waals surface area contributed by atoms with Crippen molar-refractivity contribution in [3.05, 3.63) is 53.1 Å². The van der Waals surface area contributed by atoms with Gasteiger partial charge in [-0.05, 0) is 62.2 Å². The van der Waals surface area contributed by atoms with E-state index in [1.165, 1.54) is 34.6 Å². The quantitative estimate of drug-likeness (QED) is 0.599. The van der Waals surface area contributed by atoms with Crippen molar-refractivity contribution in [1.82, 2.24) is 4.31 Å². The molecule has 166 valence electrons. The second-order valence-corrected chi connectivity index (χ2v) is 9.18. The number of anilines is 1. The third-order valence-electron chi connectivity index (χ3n) is 4.63. The number of benzene rings is 2. The van der Waals surface area contributed by atoms with Gasteiger partial charge in [-0.15, -0.1) is 0 Å². The molecular weight excluding hydrogens is 444 g/mol. The van der Waals surface area contributed by atoms with E-state index in [1.807, 2.05) is 0 Å². The van der Waals surface area contributed by atoms with E-state index in [-0.39, 0.29) is 22.3 Å². The van der Waals surface area contributed by atoms with E-state index in [0.717, 1.165) is 12.8 Å². The van der Waals surface area contributed by atoms with Crippen molar-refractivity contribution in [2.45, 2.75) is 24.7 Å². The molecule has 1 aliphatic heterocycles. The summed E-state index contributed by atoms with van der Waals surface area (Å²) in [5.74, 6) is -0.870. The van der Waals surface area contributed by atoms with Gasteiger partial charge in [0.1, 0.15) is 10.6 Å². The molecule has 0 radical (unpaired) electrons. The van der Waals surface area contributed by atoms with Gasteiger partial charge in [0.25, 0.3) is 5.91 Å². The first-order valence-electron chi connectivity index (χ1n) is 9.81. The first-order chi connectivity index (χ1) is 14.8. The van der Waals surface area contributed by atoms with Gasteiger partial charge in [0.05, 0.1) is 12.2 Å². The van der Waals surface area contributed by atoms with Crippen molar-refractivity contribution < 1.29 is 27.5 Å². The molecule has 1 amide bonds. The van der Waals surface area contributed by atoms with Crippen LogP contribution in [0.2, 0.25) is 5.02 Å². The molecule has 10 heteroatoms. The number of rotatable bonds is 8. The minimum Gasteiger partial charge on any atom is -0.482 e. The van der Waals surface area contributed by atoms with Crippen LogP contribution in [-0.2, 0) is 19.6 Å². The van der Waals surface area contributed by atoms with Crippen molar-refractivity contribution in [2.24, 2.45) is 0 Å². The highest BCUT2D eigenvalue weighted by molar-refractivity contribution is 7.89. The Hall–Kier alpha value is -2.62. The summed E-state index contributed by atoms with van der Waals surface area (Å²) in [6.07, 6.45) is 1.60. The van der Waals surface area contributed by atoms with Gasteiger partial charge in [0.2, 0.25) is 10.0 Å². The Morgan fingerprint density at radius 1 is 1.10 bits per heavy atom. The highest BCUT2D eigenvalue weighted by Crippen LogP contribution is 2.31. The summed E-state index contributed by atoms with van der Waals surface area (Å²) >= 11 is 6.00. The maximum atomic E-state index is 12.9. The fourth-order valence-electron chi connectivity index (χ4n) is 3.11. The highest BCUT2D eigenvalue weighted by atomic mass is 35.5. The molecule has 1 N–H and O–H groups in total. The van der Waals surface area contributed by atoms with Crippen LogP contribution in [0.4, 0.5) is 5.69 Å². The molecule has 0 atom stereocenters. The molecule has 0 aromatic heterocycles. The van der Waals surface area contributed by atoms with Gasteiger partial charge >= 0.3 is 5.97 Å². The molecule has 0 aliphatic carbocycles. The maximum absolute atomic E-state index is 12.9. The van der Waals surface area contributed by atoms with E-state index in [1.54, 1.807) is 19.1 Å². The Kier molecular flexibility index (Phi) is 7.53. The van der Waals surface area contributed by atoms with Gasteiger partial charge in [-0.1, -0.05) is 11.6 Å². The molecule has 1 aliphatic rings. The fourth-order valence-corrected chi connectivity index (χ4v) is 5.03. The van der Waals surface area contributed by atoms with Crippen molar-refractivity contribution in [2.75, 3.05) is 31.6 Å². The molecule has 31 heavy (non-hydrogen) atoms. The number of nitrogens with zero attached hydrogens (tertiary/aromatic N) is 1. The molecule has 1 heterocycles. The van der Waals surface area contributed by atoms with Gasteiger partial charge in [-0.25, -0.2) is 13.2 Å². The third-order valence-corrected chi connectivity index (χ3v) is 6.78. The minimum absolute atomic E-state index is 0.0594. The Morgan fingerprint density at radius 2 is 1.77 bits per heavy atom. The molecule has 1 fully saturated rings. The van der Waals surface area contributed by atoms with Crippen LogP contribution in [0.15, 0.2) is 47.4 Å². The number of hydrogen-bond donors (Lipinski definition) is 1. The molecule has 0 spiro atoms. The summed E-state index contributed by atoms with van der Waals surface area (Å²) in [4.78, 5) is 23.9. The van der Waals surface area contributed by atoms with Gasteiger partial charge in [-0.3, -0.25) is 4.79 Å². The van der Waals surface area contributed by atoms with Crippen molar-refractivity contribution >= 4 is 39.2 Å². The zero-order valence-corrected chi connectivity index (χ0v) is 18.5. The Balaban J connectivity index is 1.66. The van der Waals surface area contributed by atoms with E-state index >= 15 is 0 Å². The molecule has 0 unspecified atom stereocenters. The number of nitrogens with one attached hydrogen (secondary N) is 1. The van der Waals surface area contributed by atoms with Crippen LogP contribution in [0, 0.1) is 0 Å². The van der Waals surface area contributed by atoms with E-state index < -0.39 is 28.5 Å². The van der Waals surface area contributed by atoms with Crippen LogP contribution < -0.4 is 10.1 Å². The number of ether oxygens (including phenoxy) is 2. The average Bonchev–Trinajstić information content (AvgIpc) is 3.29. The van der Waals surface area contributed by atoms with Gasteiger partial charge < -0.3 is 14.8 Å². The van der Waals surface area contributed by atoms with Crippen molar-refractivity contribution in [1.29, 1.82) is 0 Å². The predicted octanol–water partition coefficient (Wildman–Crippen LogP) is 3.32. The van der Waals surface area contributed by atoms with Gasteiger partial charge in [0.15, 0.2) is 6.61 Å². The summed E-state index contributed by atoms with van der Waals surface area (Å²) in [5, 5.41) is 2.89. The van der Waals surface area contributed by atoms with E-state index in [9.17, 15) is 18.0 Å². The van der Waals surface area contributed by atoms with Crippen molar-refractivity contribution in [3.8, 4) is 5.75 Å². The number of hydrogen-bond acceptors (Lipinski definition) is 6. The van der Waals surface area contributed by atoms with Crippen LogP contribution in [-0.4, -0.2) is 50.9 Å². The van der Waals surface area contributed by atoms with Crippen LogP contribution in [0.1, 0.15) is 30.1 Å². The minimum atomic E-state index is -3.77. The van der Waals surface area contributed by atoms with Gasteiger partial charge in [0, 0.05) is 23.8 Å². The van der Waals surface area contributed by atoms with Crippen LogP contribution in [0.25, 0.3) is 0 Å². The number of sulfonamides is 1. The lowest BCUT2D eigenvalue weighted by Gasteiger charge is -2.18. The molecule has 2 aromatic rings. The number of halogens is 1. The zero-order chi connectivity index (χ0) is 22.4. The predicted molar refractivity (Wildman–Crippen MR) is 116 cm³/mol. The molecule has 1 saturated heterocycles. The molecule has 8 nitrogen and oxygen atoms in total. The molecular formula is C21H23ClN2O6S. The Bertz CT molecular complexity index is 1050. The molecule has 2 aromatic carbocycles. The molecule has 0 saturated carbocycles. The summed E-state index contributed by atoms with van der Waals surface area (Å²) in [6, 6.07) is 10.5. The average molecular weight is 467 g/mol. The lowest BCUT2D eigenvalue weighted by Crippen LogP contribution is -2.28. The Morgan fingerprint density at radius 3 is 2.42 bits per heavy atom. The first-order valence-corrected chi connectivity index (χ1v) is 11.6. The van der Waals surface area contributed by atoms with E-state index in [0.29, 0.717) is 24.3 Å². The number of esters is 1. The van der Waals surface area contributed by atoms with Gasteiger partial charge in [-0.2, -0.15) is 4.31 Å². The normalized spacial score (nSPS) is 14.3. The summed E-state index contributed by atoms with van der Waals surface area (Å²) in [7, 11) is -3.77. The lowest BCUT2D eigenvalue weighted by atomic mass is 10.2. The molecule has 0 bridgehead atoms. The van der Waals surface area contributed by atoms with Crippen LogP contribution >= 0.6 is 11.6 Å². The summed E-state index contributed by atoms with van der Waals surface area (Å²) in [6.45, 7) is 2.47. The fraction of sp³-hybridized carbons (Fsp3) is 0.333. The zero-order valence-electron chi connectivity index (χ0n) is 17.0. The third kappa shape index (κ3) is 5.75. The topological polar surface area (TPSA) is 102 Å². The maximum Gasteiger partial charge on any atom is 0.338 e. The van der Waals surface area contributed by atoms with E-state index in [4.69, 9.17) is 21.1 Å². The number of carbonyl (C=O) groups excluding carboxylic acids is 2. The van der Waals surface area contributed by atoms with E-state index in [2.05, 4.69) is 5.32 Å². The van der Waals surface area contributed by atoms with Crippen molar-refractivity contribution in [3.63, 3.8) is 0 Å². The number of carbonyl (C=O) groups is 2. The summed E-state index contributed by atoms with van der Waals surface area (Å²) in [5.41, 5.74) is 0.830.